The van der Waals surface area contributed by atoms with Gasteiger partial charge in [-0.25, -0.2) is 0 Å². The molecule has 1 amide bonds. The summed E-state index contributed by atoms with van der Waals surface area (Å²) in [6.07, 6.45) is -4.70. The Balaban J connectivity index is 2.50. The summed E-state index contributed by atoms with van der Waals surface area (Å²) in [5.41, 5.74) is 0.294. The van der Waals surface area contributed by atoms with Gasteiger partial charge in [0, 0.05) is 5.56 Å². The number of hydrogen-bond donors (Lipinski definition) is 2. The lowest BCUT2D eigenvalue weighted by atomic mass is 10.1. The summed E-state index contributed by atoms with van der Waals surface area (Å²) in [6.45, 7) is -1.36. The molecule has 0 fully saturated rings. The summed E-state index contributed by atoms with van der Waals surface area (Å²) in [6, 6.07) is 5.99. The normalized spacial score (nSPS) is 11.2. The quantitative estimate of drug-likeness (QED) is 0.833. The molecule has 0 radical (unpaired) electrons. The zero-order valence-corrected chi connectivity index (χ0v) is 8.21. The van der Waals surface area contributed by atoms with Gasteiger partial charge in [0.1, 0.15) is 12.3 Å². The van der Waals surface area contributed by atoms with Crippen LogP contribution in [0.25, 0.3) is 0 Å². The number of hydrogen-bond acceptors (Lipinski definition) is 2. The van der Waals surface area contributed by atoms with Crippen molar-refractivity contribution in [2.45, 2.75) is 12.6 Å². The van der Waals surface area contributed by atoms with Crippen molar-refractivity contribution >= 4 is 5.91 Å². The standard InChI is InChI=1S/C10H10F3NO2/c11-10(12,13)6-14-9(16)5-7-3-1-2-4-8(7)15/h1-4,15H,5-6H2,(H,14,16). The van der Waals surface area contributed by atoms with E-state index >= 15 is 0 Å². The maximum Gasteiger partial charge on any atom is 0.405 e. The average molecular weight is 233 g/mol. The summed E-state index contributed by atoms with van der Waals surface area (Å²) in [4.78, 5) is 11.1. The fraction of sp³-hybridized carbons (Fsp3) is 0.300. The van der Waals surface area contributed by atoms with Crippen molar-refractivity contribution in [1.82, 2.24) is 5.32 Å². The lowest BCUT2D eigenvalue weighted by molar-refractivity contribution is -0.138. The zero-order valence-electron chi connectivity index (χ0n) is 8.21. The molecule has 2 N–H and O–H groups in total. The van der Waals surface area contributed by atoms with Crippen LogP contribution in [0.4, 0.5) is 13.2 Å². The third kappa shape index (κ3) is 4.20. The minimum absolute atomic E-state index is 0.107. The Morgan fingerprint density at radius 1 is 1.31 bits per heavy atom. The van der Waals surface area contributed by atoms with Gasteiger partial charge in [-0.2, -0.15) is 13.2 Å². The molecule has 0 bridgehead atoms. The Hall–Kier alpha value is -1.72. The minimum atomic E-state index is -4.42. The van der Waals surface area contributed by atoms with Gasteiger partial charge in [0.2, 0.25) is 5.91 Å². The van der Waals surface area contributed by atoms with E-state index < -0.39 is 18.6 Å². The van der Waals surface area contributed by atoms with Crippen molar-refractivity contribution in [3.05, 3.63) is 29.8 Å². The lowest BCUT2D eigenvalue weighted by Gasteiger charge is -2.08. The Morgan fingerprint density at radius 3 is 2.50 bits per heavy atom. The fourth-order valence-corrected chi connectivity index (χ4v) is 1.09. The van der Waals surface area contributed by atoms with Crippen LogP contribution in [0, 0.1) is 0 Å². The van der Waals surface area contributed by atoms with E-state index in [0.29, 0.717) is 5.56 Å². The van der Waals surface area contributed by atoms with Gasteiger partial charge >= 0.3 is 6.18 Å². The van der Waals surface area contributed by atoms with E-state index in [1.165, 1.54) is 12.1 Å². The van der Waals surface area contributed by atoms with Crippen molar-refractivity contribution in [3.63, 3.8) is 0 Å². The second kappa shape index (κ2) is 4.87. The fourth-order valence-electron chi connectivity index (χ4n) is 1.09. The molecule has 0 saturated heterocycles. The van der Waals surface area contributed by atoms with Gasteiger partial charge in [-0.05, 0) is 6.07 Å². The van der Waals surface area contributed by atoms with Crippen molar-refractivity contribution in [2.24, 2.45) is 0 Å². The molecule has 3 nitrogen and oxygen atoms in total. The van der Waals surface area contributed by atoms with E-state index in [4.69, 9.17) is 0 Å². The number of amides is 1. The molecule has 0 unspecified atom stereocenters. The molecule has 0 atom stereocenters. The van der Waals surface area contributed by atoms with E-state index in [1.54, 1.807) is 17.4 Å². The number of aromatic hydroxyl groups is 1. The average Bonchev–Trinajstić information content (AvgIpc) is 2.18. The maximum absolute atomic E-state index is 11.8. The Labute approximate surface area is 89.9 Å². The zero-order chi connectivity index (χ0) is 12.2. The van der Waals surface area contributed by atoms with Gasteiger partial charge < -0.3 is 10.4 Å². The van der Waals surface area contributed by atoms with Gasteiger partial charge in [0.25, 0.3) is 0 Å². The van der Waals surface area contributed by atoms with Crippen LogP contribution in [0.2, 0.25) is 0 Å². The van der Waals surface area contributed by atoms with Crippen LogP contribution in [-0.2, 0) is 11.2 Å². The molecular weight excluding hydrogens is 223 g/mol. The SMILES string of the molecule is O=C(Cc1ccccc1O)NCC(F)(F)F. The number of rotatable bonds is 3. The molecule has 6 heteroatoms. The van der Waals surface area contributed by atoms with E-state index in [9.17, 15) is 23.1 Å². The van der Waals surface area contributed by atoms with Crippen LogP contribution in [0.15, 0.2) is 24.3 Å². The van der Waals surface area contributed by atoms with Crippen molar-refractivity contribution in [2.75, 3.05) is 6.54 Å². The van der Waals surface area contributed by atoms with Gasteiger partial charge in [-0.15, -0.1) is 0 Å². The predicted octanol–water partition coefficient (Wildman–Crippen LogP) is 1.61. The van der Waals surface area contributed by atoms with Gasteiger partial charge in [0.05, 0.1) is 6.42 Å². The Morgan fingerprint density at radius 2 is 1.94 bits per heavy atom. The molecule has 0 aromatic heterocycles. The molecule has 0 aliphatic rings. The molecule has 0 spiro atoms. The largest absolute Gasteiger partial charge is 0.508 e. The number of benzene rings is 1. The number of halogens is 3. The molecule has 16 heavy (non-hydrogen) atoms. The van der Waals surface area contributed by atoms with E-state index in [0.717, 1.165) is 0 Å². The van der Waals surface area contributed by atoms with Crippen LogP contribution < -0.4 is 5.32 Å². The minimum Gasteiger partial charge on any atom is -0.508 e. The van der Waals surface area contributed by atoms with Crippen molar-refractivity contribution in [3.8, 4) is 5.75 Å². The number of alkyl halides is 3. The number of carbonyl (C=O) groups is 1. The molecule has 1 aromatic rings. The maximum atomic E-state index is 11.8. The smallest absolute Gasteiger partial charge is 0.405 e. The Kier molecular flexibility index (Phi) is 3.76. The van der Waals surface area contributed by atoms with Crippen molar-refractivity contribution < 1.29 is 23.1 Å². The molecule has 1 aromatic carbocycles. The molecule has 0 aliphatic heterocycles. The summed E-state index contributed by atoms with van der Waals surface area (Å²) < 4.78 is 35.3. The first-order valence-electron chi connectivity index (χ1n) is 4.49. The highest BCUT2D eigenvalue weighted by Crippen LogP contribution is 2.16. The summed E-state index contributed by atoms with van der Waals surface area (Å²) >= 11 is 0. The number of phenolic OH excluding ortho intramolecular Hbond substituents is 1. The van der Waals surface area contributed by atoms with E-state index in [2.05, 4.69) is 0 Å². The topological polar surface area (TPSA) is 49.3 Å². The third-order valence-electron chi connectivity index (χ3n) is 1.83. The first-order chi connectivity index (χ1) is 7.38. The number of nitrogens with one attached hydrogen (secondary N) is 1. The third-order valence-corrected chi connectivity index (χ3v) is 1.83. The number of phenols is 1. The van der Waals surface area contributed by atoms with Crippen LogP contribution in [0.1, 0.15) is 5.56 Å². The summed E-state index contributed by atoms with van der Waals surface area (Å²) in [7, 11) is 0. The second-order valence-electron chi connectivity index (χ2n) is 3.20. The molecule has 0 heterocycles. The summed E-state index contributed by atoms with van der Waals surface area (Å²) in [5.74, 6) is -0.886. The predicted molar refractivity (Wildman–Crippen MR) is 50.9 cm³/mol. The highest BCUT2D eigenvalue weighted by molar-refractivity contribution is 5.79. The Bertz CT molecular complexity index is 377. The molecule has 0 aliphatic carbocycles. The second-order valence-corrected chi connectivity index (χ2v) is 3.20. The van der Waals surface area contributed by atoms with Crippen LogP contribution in [-0.4, -0.2) is 23.7 Å². The molecule has 1 rings (SSSR count). The first-order valence-corrected chi connectivity index (χ1v) is 4.49. The highest BCUT2D eigenvalue weighted by atomic mass is 19.4. The monoisotopic (exact) mass is 233 g/mol. The lowest BCUT2D eigenvalue weighted by Crippen LogP contribution is -2.34. The van der Waals surface area contributed by atoms with E-state index in [1.807, 2.05) is 0 Å². The molecule has 0 saturated carbocycles. The number of para-hydroxylation sites is 1. The van der Waals surface area contributed by atoms with Gasteiger partial charge in [-0.3, -0.25) is 4.79 Å². The number of carbonyl (C=O) groups excluding carboxylic acids is 1. The van der Waals surface area contributed by atoms with E-state index in [-0.39, 0.29) is 12.2 Å². The van der Waals surface area contributed by atoms with Crippen LogP contribution in [0.3, 0.4) is 0 Å². The molecule has 88 valence electrons. The van der Waals surface area contributed by atoms with Gasteiger partial charge in [-0.1, -0.05) is 18.2 Å². The molecular formula is C10H10F3NO2. The van der Waals surface area contributed by atoms with Crippen molar-refractivity contribution in [1.29, 1.82) is 0 Å². The highest BCUT2D eigenvalue weighted by Gasteiger charge is 2.27. The van der Waals surface area contributed by atoms with Crippen LogP contribution in [0.5, 0.6) is 5.75 Å². The van der Waals surface area contributed by atoms with Gasteiger partial charge in [0.15, 0.2) is 0 Å². The summed E-state index contributed by atoms with van der Waals surface area (Å²) in [5, 5.41) is 11.0. The first kappa shape index (κ1) is 12.4. The van der Waals surface area contributed by atoms with Crippen LogP contribution >= 0.6 is 0 Å².